The maximum Gasteiger partial charge on any atom is 0.328 e. The number of anilines is 5. The molecule has 0 radical (unpaired) electrons. The molecule has 0 N–H and O–H groups in total. The smallest absolute Gasteiger partial charge is 0.328 e. The van der Waals surface area contributed by atoms with Gasteiger partial charge in [-0.2, -0.15) is 15.0 Å². The summed E-state index contributed by atoms with van der Waals surface area (Å²) >= 11 is 0. The molecule has 196 valence electrons. The molecule has 0 aliphatic heterocycles. The Morgan fingerprint density at radius 3 is 1.68 bits per heavy atom. The van der Waals surface area contributed by atoms with Crippen molar-refractivity contribution in [3.05, 3.63) is 146 Å². The van der Waals surface area contributed by atoms with Gasteiger partial charge in [-0.15, -0.1) is 0 Å². The molecule has 40 heavy (non-hydrogen) atoms. The van der Waals surface area contributed by atoms with Crippen LogP contribution in [0.3, 0.4) is 0 Å². The molecule has 0 amide bonds. The summed E-state index contributed by atoms with van der Waals surface area (Å²) in [4.78, 5) is 19.0. The molecule has 1 aliphatic rings. The van der Waals surface area contributed by atoms with Crippen LogP contribution in [-0.2, 0) is 0 Å². The molecule has 5 aromatic rings. The molecule has 6 heteroatoms. The third kappa shape index (κ3) is 5.33. The predicted octanol–water partition coefficient (Wildman–Crippen LogP) is 8.55. The minimum atomic E-state index is -0.414. The van der Waals surface area contributed by atoms with E-state index < -0.39 is 5.54 Å². The second-order valence-corrected chi connectivity index (χ2v) is 9.66. The summed E-state index contributed by atoms with van der Waals surface area (Å²) in [6.07, 6.45) is 9.28. The number of benzene rings is 4. The highest BCUT2D eigenvalue weighted by atomic mass is 16.5. The predicted molar refractivity (Wildman–Crippen MR) is 161 cm³/mol. The SMILES string of the molecule is CC1(N(c2ccccc2)c2nc(Oc3ccccc3)nc(N(c3ccccc3)c3ccccc3)n2)C=CC=CC1. The van der Waals surface area contributed by atoms with E-state index in [9.17, 15) is 0 Å². The molecule has 6 rings (SSSR count). The maximum atomic E-state index is 6.24. The average molecular weight is 524 g/mol. The van der Waals surface area contributed by atoms with Gasteiger partial charge in [-0.1, -0.05) is 97.1 Å². The van der Waals surface area contributed by atoms with Crippen molar-refractivity contribution in [2.24, 2.45) is 0 Å². The number of aromatic nitrogens is 3. The van der Waals surface area contributed by atoms with E-state index in [-0.39, 0.29) is 6.01 Å². The highest BCUT2D eigenvalue weighted by Crippen LogP contribution is 2.39. The normalized spacial score (nSPS) is 15.9. The van der Waals surface area contributed by atoms with Crippen LogP contribution in [0.5, 0.6) is 11.8 Å². The molecule has 0 saturated carbocycles. The number of hydrogen-bond donors (Lipinski definition) is 0. The number of para-hydroxylation sites is 4. The van der Waals surface area contributed by atoms with Crippen molar-refractivity contribution in [3.8, 4) is 11.8 Å². The van der Waals surface area contributed by atoms with Crippen LogP contribution < -0.4 is 14.5 Å². The van der Waals surface area contributed by atoms with E-state index in [0.29, 0.717) is 17.6 Å². The average Bonchev–Trinajstić information content (AvgIpc) is 3.00. The van der Waals surface area contributed by atoms with E-state index in [0.717, 1.165) is 23.5 Å². The second kappa shape index (κ2) is 11.3. The van der Waals surface area contributed by atoms with Crippen LogP contribution in [-0.4, -0.2) is 20.5 Å². The van der Waals surface area contributed by atoms with Gasteiger partial charge in [0, 0.05) is 17.1 Å². The molecule has 0 spiro atoms. The highest BCUT2D eigenvalue weighted by Gasteiger charge is 2.34. The van der Waals surface area contributed by atoms with Crippen molar-refractivity contribution in [1.29, 1.82) is 0 Å². The van der Waals surface area contributed by atoms with Gasteiger partial charge in [0.1, 0.15) is 5.75 Å². The fourth-order valence-corrected chi connectivity index (χ4v) is 4.81. The fraction of sp³-hybridized carbons (Fsp3) is 0.0882. The van der Waals surface area contributed by atoms with E-state index in [1.54, 1.807) is 0 Å². The number of nitrogens with zero attached hydrogens (tertiary/aromatic N) is 5. The lowest BCUT2D eigenvalue weighted by atomic mass is 9.91. The molecule has 1 unspecified atom stereocenters. The van der Waals surface area contributed by atoms with E-state index >= 15 is 0 Å². The largest absolute Gasteiger partial charge is 0.424 e. The van der Waals surface area contributed by atoms with Crippen LogP contribution in [0.1, 0.15) is 13.3 Å². The molecule has 1 aliphatic carbocycles. The zero-order valence-corrected chi connectivity index (χ0v) is 22.2. The standard InChI is InChI=1S/C34H29N5O/c1-34(25-15-6-16-26-34)39(29-21-11-4-12-22-29)32-35-31(36-33(37-32)40-30-23-13-5-14-24-30)38(27-17-7-2-8-18-27)28-19-9-3-10-20-28/h2-25H,26H2,1H3. The number of ether oxygens (including phenoxy) is 1. The lowest BCUT2D eigenvalue weighted by Crippen LogP contribution is -2.43. The van der Waals surface area contributed by atoms with Crippen LogP contribution in [0.4, 0.5) is 29.0 Å². The molecule has 1 atom stereocenters. The van der Waals surface area contributed by atoms with Gasteiger partial charge in [-0.25, -0.2) is 0 Å². The molecule has 1 heterocycles. The van der Waals surface area contributed by atoms with E-state index in [2.05, 4.69) is 48.3 Å². The summed E-state index contributed by atoms with van der Waals surface area (Å²) in [6.45, 7) is 2.19. The Morgan fingerprint density at radius 2 is 1.12 bits per heavy atom. The van der Waals surface area contributed by atoms with Gasteiger partial charge >= 0.3 is 6.01 Å². The molecule has 0 fully saturated rings. The quantitative estimate of drug-likeness (QED) is 0.203. The molecule has 1 aromatic heterocycles. The van der Waals surface area contributed by atoms with Crippen molar-refractivity contribution in [1.82, 2.24) is 15.0 Å². The molecular weight excluding hydrogens is 494 g/mol. The Kier molecular flexibility index (Phi) is 7.05. The van der Waals surface area contributed by atoms with Gasteiger partial charge in [0.25, 0.3) is 0 Å². The zero-order chi connectivity index (χ0) is 27.2. The first kappa shape index (κ1) is 25.1. The van der Waals surface area contributed by atoms with E-state index in [1.807, 2.05) is 114 Å². The zero-order valence-electron chi connectivity index (χ0n) is 22.2. The Balaban J connectivity index is 1.57. The van der Waals surface area contributed by atoms with E-state index in [4.69, 9.17) is 19.7 Å². The first-order chi connectivity index (χ1) is 19.7. The summed E-state index contributed by atoms with van der Waals surface area (Å²) in [5.41, 5.74) is 2.41. The molecule has 0 saturated heterocycles. The summed E-state index contributed by atoms with van der Waals surface area (Å²) in [5.74, 6) is 1.59. The maximum absolute atomic E-state index is 6.24. The lowest BCUT2D eigenvalue weighted by Gasteiger charge is -2.40. The van der Waals surface area contributed by atoms with Crippen LogP contribution in [0.15, 0.2) is 146 Å². The number of allylic oxidation sites excluding steroid dienone is 2. The van der Waals surface area contributed by atoms with Crippen molar-refractivity contribution < 1.29 is 4.74 Å². The van der Waals surface area contributed by atoms with Crippen molar-refractivity contribution in [2.75, 3.05) is 9.80 Å². The van der Waals surface area contributed by atoms with Gasteiger partial charge in [0.15, 0.2) is 0 Å². The third-order valence-electron chi connectivity index (χ3n) is 6.73. The van der Waals surface area contributed by atoms with Gasteiger partial charge in [0.05, 0.1) is 5.54 Å². The van der Waals surface area contributed by atoms with Gasteiger partial charge in [0.2, 0.25) is 11.9 Å². The minimum absolute atomic E-state index is 0.211. The Hall–Kier alpha value is -5.23. The fourth-order valence-electron chi connectivity index (χ4n) is 4.81. The number of rotatable bonds is 8. The monoisotopic (exact) mass is 523 g/mol. The molecule has 0 bridgehead atoms. The van der Waals surface area contributed by atoms with Crippen LogP contribution >= 0.6 is 0 Å². The number of hydrogen-bond acceptors (Lipinski definition) is 6. The summed E-state index contributed by atoms with van der Waals surface area (Å²) in [6, 6.07) is 40.2. The topological polar surface area (TPSA) is 54.4 Å². The first-order valence-corrected chi connectivity index (χ1v) is 13.3. The van der Waals surface area contributed by atoms with Gasteiger partial charge < -0.3 is 9.64 Å². The van der Waals surface area contributed by atoms with Gasteiger partial charge in [-0.05, 0) is 61.9 Å². The Bertz CT molecular complexity index is 1570. The van der Waals surface area contributed by atoms with Gasteiger partial charge in [-0.3, -0.25) is 4.90 Å². The Morgan fingerprint density at radius 1 is 0.600 bits per heavy atom. The highest BCUT2D eigenvalue weighted by molar-refractivity contribution is 5.73. The van der Waals surface area contributed by atoms with Crippen molar-refractivity contribution >= 4 is 29.0 Å². The molecule has 4 aromatic carbocycles. The summed E-state index contributed by atoms with van der Waals surface area (Å²) < 4.78 is 6.24. The van der Waals surface area contributed by atoms with Crippen molar-refractivity contribution in [3.63, 3.8) is 0 Å². The minimum Gasteiger partial charge on any atom is -0.424 e. The lowest BCUT2D eigenvalue weighted by molar-refractivity contribution is 0.438. The van der Waals surface area contributed by atoms with Crippen LogP contribution in [0.2, 0.25) is 0 Å². The molecule has 6 nitrogen and oxygen atoms in total. The van der Waals surface area contributed by atoms with Crippen LogP contribution in [0.25, 0.3) is 0 Å². The van der Waals surface area contributed by atoms with Crippen molar-refractivity contribution in [2.45, 2.75) is 18.9 Å². The summed E-state index contributed by atoms with van der Waals surface area (Å²) in [5, 5.41) is 0. The summed E-state index contributed by atoms with van der Waals surface area (Å²) in [7, 11) is 0. The second-order valence-electron chi connectivity index (χ2n) is 9.66. The van der Waals surface area contributed by atoms with Crippen LogP contribution in [0, 0.1) is 0 Å². The first-order valence-electron chi connectivity index (χ1n) is 13.3. The molecular formula is C34H29N5O. The Labute approximate surface area is 234 Å². The van der Waals surface area contributed by atoms with E-state index in [1.165, 1.54) is 0 Å². The third-order valence-corrected chi connectivity index (χ3v) is 6.73.